The second kappa shape index (κ2) is 5.03. The Balaban J connectivity index is 3.20. The van der Waals surface area contributed by atoms with E-state index in [4.69, 9.17) is 9.84 Å². The van der Waals surface area contributed by atoms with E-state index in [0.29, 0.717) is 6.42 Å². The zero-order valence-electron chi connectivity index (χ0n) is 10.5. The molecule has 0 aliphatic rings. The zero-order valence-corrected chi connectivity index (χ0v) is 10.5. The summed E-state index contributed by atoms with van der Waals surface area (Å²) in [5.41, 5.74) is -1.02. The van der Waals surface area contributed by atoms with Crippen molar-refractivity contribution in [3.8, 4) is 5.75 Å². The van der Waals surface area contributed by atoms with Crippen molar-refractivity contribution in [2.75, 3.05) is 0 Å². The van der Waals surface area contributed by atoms with Gasteiger partial charge in [-0.15, -0.1) is 0 Å². The van der Waals surface area contributed by atoms with Crippen molar-refractivity contribution in [2.24, 2.45) is 0 Å². The summed E-state index contributed by atoms with van der Waals surface area (Å²) in [4.78, 5) is 21.0. The number of ether oxygens (including phenoxy) is 1. The Kier molecular flexibility index (Phi) is 3.90. The Hall–Kier alpha value is -2.11. The number of nitro benzene ring substituents is 1. The van der Waals surface area contributed by atoms with Crippen molar-refractivity contribution in [3.63, 3.8) is 0 Å². The number of nitro groups is 1. The van der Waals surface area contributed by atoms with Crippen LogP contribution in [0, 0.1) is 10.1 Å². The minimum absolute atomic E-state index is 0.0804. The predicted molar refractivity (Wildman–Crippen MR) is 65.1 cm³/mol. The van der Waals surface area contributed by atoms with E-state index in [-0.39, 0.29) is 17.0 Å². The van der Waals surface area contributed by atoms with Crippen LogP contribution in [0.15, 0.2) is 18.2 Å². The average Bonchev–Trinajstić information content (AvgIpc) is 2.28. The molecule has 1 aromatic carbocycles. The van der Waals surface area contributed by atoms with Crippen LogP contribution in [-0.2, 0) is 0 Å². The van der Waals surface area contributed by atoms with Crippen LogP contribution in [0.1, 0.15) is 37.6 Å². The van der Waals surface area contributed by atoms with Gasteiger partial charge in [0.05, 0.1) is 10.5 Å². The van der Waals surface area contributed by atoms with E-state index in [1.54, 1.807) is 0 Å². The molecular formula is C12H15NO5. The number of nitrogens with zero attached hydrogens (tertiary/aromatic N) is 1. The molecule has 0 amide bonds. The van der Waals surface area contributed by atoms with Gasteiger partial charge in [-0.1, -0.05) is 6.92 Å². The molecule has 18 heavy (non-hydrogen) atoms. The Morgan fingerprint density at radius 3 is 2.56 bits per heavy atom. The number of carbonyl (C=O) groups is 1. The molecule has 0 fully saturated rings. The number of rotatable bonds is 5. The number of aromatic carboxylic acids is 1. The molecule has 0 aliphatic heterocycles. The highest BCUT2D eigenvalue weighted by Crippen LogP contribution is 2.31. The van der Waals surface area contributed by atoms with Crippen molar-refractivity contribution in [3.05, 3.63) is 33.9 Å². The van der Waals surface area contributed by atoms with Crippen LogP contribution in [0.5, 0.6) is 5.75 Å². The molecule has 1 rings (SSSR count). The van der Waals surface area contributed by atoms with E-state index >= 15 is 0 Å². The molecule has 0 unspecified atom stereocenters. The molecule has 0 radical (unpaired) electrons. The fraction of sp³-hybridized carbons (Fsp3) is 0.417. The van der Waals surface area contributed by atoms with Crippen molar-refractivity contribution < 1.29 is 19.6 Å². The van der Waals surface area contributed by atoms with Crippen molar-refractivity contribution in [1.29, 1.82) is 0 Å². The van der Waals surface area contributed by atoms with Crippen LogP contribution in [0.4, 0.5) is 5.69 Å². The maximum atomic E-state index is 10.9. The van der Waals surface area contributed by atoms with Crippen molar-refractivity contribution >= 4 is 11.7 Å². The van der Waals surface area contributed by atoms with Gasteiger partial charge in [0.1, 0.15) is 5.60 Å². The van der Waals surface area contributed by atoms with Gasteiger partial charge in [-0.05, 0) is 32.4 Å². The molecule has 6 nitrogen and oxygen atoms in total. The quantitative estimate of drug-likeness (QED) is 0.643. The lowest BCUT2D eigenvalue weighted by molar-refractivity contribution is -0.386. The number of carboxylic acid groups (broad SMARTS) is 1. The summed E-state index contributed by atoms with van der Waals surface area (Å²) in [6, 6.07) is 3.61. The van der Waals surface area contributed by atoms with Crippen molar-refractivity contribution in [1.82, 2.24) is 0 Å². The van der Waals surface area contributed by atoms with E-state index in [2.05, 4.69) is 0 Å². The van der Waals surface area contributed by atoms with Gasteiger partial charge in [0, 0.05) is 6.07 Å². The average molecular weight is 253 g/mol. The van der Waals surface area contributed by atoms with E-state index in [9.17, 15) is 14.9 Å². The second-order valence-electron chi connectivity index (χ2n) is 4.46. The van der Waals surface area contributed by atoms with Crippen LogP contribution in [0.3, 0.4) is 0 Å². The third-order valence-corrected chi connectivity index (χ3v) is 2.64. The van der Waals surface area contributed by atoms with Gasteiger partial charge in [-0.25, -0.2) is 4.79 Å². The van der Waals surface area contributed by atoms with Gasteiger partial charge in [-0.2, -0.15) is 0 Å². The Bertz CT molecular complexity index is 481. The molecule has 0 saturated heterocycles. The van der Waals surface area contributed by atoms with Gasteiger partial charge in [0.25, 0.3) is 0 Å². The highest BCUT2D eigenvalue weighted by atomic mass is 16.6. The third-order valence-electron chi connectivity index (χ3n) is 2.64. The lowest BCUT2D eigenvalue weighted by atomic mass is 10.1. The Labute approximate surface area is 104 Å². The first-order valence-corrected chi connectivity index (χ1v) is 5.47. The molecule has 0 aliphatic carbocycles. The molecule has 1 aromatic rings. The highest BCUT2D eigenvalue weighted by Gasteiger charge is 2.24. The molecule has 98 valence electrons. The smallest absolute Gasteiger partial charge is 0.335 e. The first-order chi connectivity index (χ1) is 8.26. The minimum Gasteiger partial charge on any atom is -0.481 e. The van der Waals surface area contributed by atoms with Gasteiger partial charge >= 0.3 is 11.7 Å². The fourth-order valence-electron chi connectivity index (χ4n) is 1.25. The van der Waals surface area contributed by atoms with E-state index in [0.717, 1.165) is 6.07 Å². The third kappa shape index (κ3) is 3.19. The van der Waals surface area contributed by atoms with E-state index in [1.807, 2.05) is 20.8 Å². The Morgan fingerprint density at radius 1 is 1.50 bits per heavy atom. The van der Waals surface area contributed by atoms with Crippen LogP contribution < -0.4 is 4.74 Å². The van der Waals surface area contributed by atoms with Gasteiger partial charge in [0.15, 0.2) is 5.75 Å². The molecule has 0 atom stereocenters. The van der Waals surface area contributed by atoms with Gasteiger partial charge in [-0.3, -0.25) is 10.1 Å². The molecule has 1 N–H and O–H groups in total. The summed E-state index contributed by atoms with van der Waals surface area (Å²) >= 11 is 0. The summed E-state index contributed by atoms with van der Waals surface area (Å²) in [5.74, 6) is -1.13. The first-order valence-electron chi connectivity index (χ1n) is 5.47. The molecular weight excluding hydrogens is 238 g/mol. The number of hydrogen-bond acceptors (Lipinski definition) is 4. The number of hydrogen-bond donors (Lipinski definition) is 1. The standard InChI is InChI=1S/C12H15NO5/c1-4-12(2,3)18-10-6-5-8(11(14)15)7-9(10)13(16)17/h5-7H,4H2,1-3H3,(H,14,15). The van der Waals surface area contributed by atoms with Crippen molar-refractivity contribution in [2.45, 2.75) is 32.8 Å². The van der Waals surface area contributed by atoms with Crippen LogP contribution >= 0.6 is 0 Å². The van der Waals surface area contributed by atoms with Crippen LogP contribution in [0.25, 0.3) is 0 Å². The largest absolute Gasteiger partial charge is 0.481 e. The highest BCUT2D eigenvalue weighted by molar-refractivity contribution is 5.88. The van der Waals surface area contributed by atoms with Crippen LogP contribution in [0.2, 0.25) is 0 Å². The minimum atomic E-state index is -1.21. The lowest BCUT2D eigenvalue weighted by Crippen LogP contribution is -2.27. The van der Waals surface area contributed by atoms with Gasteiger partial charge in [0.2, 0.25) is 0 Å². The second-order valence-corrected chi connectivity index (χ2v) is 4.46. The topological polar surface area (TPSA) is 89.7 Å². The first kappa shape index (κ1) is 14.0. The molecule has 0 saturated carbocycles. The van der Waals surface area contributed by atoms with E-state index in [1.165, 1.54) is 12.1 Å². The maximum Gasteiger partial charge on any atom is 0.335 e. The summed E-state index contributed by atoms with van der Waals surface area (Å²) in [6.45, 7) is 5.51. The van der Waals surface area contributed by atoms with E-state index < -0.39 is 16.5 Å². The monoisotopic (exact) mass is 253 g/mol. The fourth-order valence-corrected chi connectivity index (χ4v) is 1.25. The summed E-state index contributed by atoms with van der Waals surface area (Å²) < 4.78 is 5.54. The molecule has 0 spiro atoms. The molecule has 6 heteroatoms. The normalized spacial score (nSPS) is 11.1. The molecule has 0 bridgehead atoms. The summed E-state index contributed by atoms with van der Waals surface area (Å²) in [5, 5.41) is 19.7. The maximum absolute atomic E-state index is 10.9. The molecule has 0 aromatic heterocycles. The predicted octanol–water partition coefficient (Wildman–Crippen LogP) is 2.86. The number of carboxylic acids is 1. The zero-order chi connectivity index (χ0) is 13.9. The number of benzene rings is 1. The van der Waals surface area contributed by atoms with Crippen LogP contribution in [-0.4, -0.2) is 21.6 Å². The Morgan fingerprint density at radius 2 is 2.11 bits per heavy atom. The SMILES string of the molecule is CCC(C)(C)Oc1ccc(C(=O)O)cc1[N+](=O)[O-]. The summed E-state index contributed by atoms with van der Waals surface area (Å²) in [6.07, 6.45) is 0.671. The lowest BCUT2D eigenvalue weighted by Gasteiger charge is -2.24. The van der Waals surface area contributed by atoms with Gasteiger partial charge < -0.3 is 9.84 Å². The molecule has 0 heterocycles. The summed E-state index contributed by atoms with van der Waals surface area (Å²) in [7, 11) is 0.